The molecule has 0 radical (unpaired) electrons. The number of amides is 2. The second-order valence-corrected chi connectivity index (χ2v) is 6.82. The number of rotatable bonds is 10. The van der Waals surface area contributed by atoms with Crippen molar-refractivity contribution in [1.82, 2.24) is 10.6 Å². The predicted molar refractivity (Wildman–Crippen MR) is 84.5 cm³/mol. The summed E-state index contributed by atoms with van der Waals surface area (Å²) in [5, 5.41) is 11.6. The van der Waals surface area contributed by atoms with Crippen molar-refractivity contribution in [2.75, 3.05) is 32.6 Å². The number of carbonyl (C=O) groups is 2. The zero-order chi connectivity index (χ0) is 22.4. The molecule has 0 heterocycles. The van der Waals surface area contributed by atoms with Gasteiger partial charge in [-0.1, -0.05) is 0 Å². The van der Waals surface area contributed by atoms with Crippen LogP contribution >= 0.6 is 0 Å². The quantitative estimate of drug-likeness (QED) is 0.259. The van der Waals surface area contributed by atoms with Crippen LogP contribution in [0.25, 0.3) is 0 Å². The smallest absolute Gasteiger partial charge is 0.396 e. The van der Waals surface area contributed by atoms with Crippen molar-refractivity contribution in [3.63, 3.8) is 0 Å². The van der Waals surface area contributed by atoms with Gasteiger partial charge in [0.25, 0.3) is 10.1 Å². The first kappa shape index (κ1) is 28.6. The first-order valence-electron chi connectivity index (χ1n) is 7.76. The summed E-state index contributed by atoms with van der Waals surface area (Å²) < 4.78 is 94.8. The maximum Gasteiger partial charge on any atom is 0.471 e. The Morgan fingerprint density at radius 1 is 0.857 bits per heavy atom. The van der Waals surface area contributed by atoms with E-state index in [9.17, 15) is 44.3 Å². The summed E-state index contributed by atoms with van der Waals surface area (Å²) in [7, 11) is -3.52. The maximum absolute atomic E-state index is 11.7. The molecule has 2 amide bonds. The Kier molecular flexibility index (Phi) is 13.8. The Balaban J connectivity index is 0. The van der Waals surface area contributed by atoms with E-state index >= 15 is 0 Å². The molecule has 0 bridgehead atoms. The number of alkyl halides is 6. The van der Waals surface area contributed by atoms with E-state index in [2.05, 4.69) is 4.18 Å². The number of aliphatic hydroxyl groups excluding tert-OH is 1. The molecule has 0 saturated heterocycles. The standard InChI is InChI=1S/C7H12F3NO4S.C6H10F3NO2/c1-16(13,14)15-5-3-2-4-11-6(12)7(8,9)10;7-6(8,9)5(12)10-3-1-2-4-11/h2-5H2,1H3,(H,11,12);11H,1-4H2,(H,10,12). The molecular weight excluding hydrogens is 426 g/mol. The van der Waals surface area contributed by atoms with Crippen molar-refractivity contribution in [2.24, 2.45) is 0 Å². The molecule has 0 rings (SSSR count). The highest BCUT2D eigenvalue weighted by Gasteiger charge is 2.38. The molecule has 15 heteroatoms. The first-order valence-corrected chi connectivity index (χ1v) is 9.58. The van der Waals surface area contributed by atoms with Gasteiger partial charge in [0.05, 0.1) is 12.9 Å². The largest absolute Gasteiger partial charge is 0.471 e. The minimum atomic E-state index is -4.89. The molecule has 0 atom stereocenters. The molecule has 0 aromatic carbocycles. The van der Waals surface area contributed by atoms with Crippen LogP contribution in [0.3, 0.4) is 0 Å². The van der Waals surface area contributed by atoms with Gasteiger partial charge in [0.2, 0.25) is 0 Å². The van der Waals surface area contributed by atoms with Crippen molar-refractivity contribution in [3.8, 4) is 0 Å². The fourth-order valence-corrected chi connectivity index (χ4v) is 1.70. The molecule has 3 N–H and O–H groups in total. The van der Waals surface area contributed by atoms with Gasteiger partial charge < -0.3 is 15.7 Å². The van der Waals surface area contributed by atoms with Crippen LogP contribution in [0.1, 0.15) is 25.7 Å². The summed E-state index contributed by atoms with van der Waals surface area (Å²) in [6.45, 7) is -0.424. The zero-order valence-corrected chi connectivity index (χ0v) is 15.6. The van der Waals surface area contributed by atoms with Gasteiger partial charge in [0.1, 0.15) is 0 Å². The molecule has 0 aliphatic rings. The van der Waals surface area contributed by atoms with Crippen molar-refractivity contribution in [3.05, 3.63) is 0 Å². The van der Waals surface area contributed by atoms with Crippen LogP contribution in [-0.2, 0) is 23.9 Å². The van der Waals surface area contributed by atoms with Gasteiger partial charge in [-0.15, -0.1) is 0 Å². The van der Waals surface area contributed by atoms with Crippen molar-refractivity contribution >= 4 is 21.9 Å². The molecule has 0 saturated carbocycles. The predicted octanol–water partition coefficient (Wildman–Crippen LogP) is 0.859. The molecule has 0 fully saturated rings. The Labute approximate surface area is 157 Å². The first-order chi connectivity index (χ1) is 12.6. The van der Waals surface area contributed by atoms with Crippen LogP contribution in [0, 0.1) is 0 Å². The van der Waals surface area contributed by atoms with E-state index in [1.807, 2.05) is 0 Å². The molecule has 0 aliphatic carbocycles. The Hall–Kier alpha value is -1.61. The summed E-state index contributed by atoms with van der Waals surface area (Å²) in [5.41, 5.74) is 0. The zero-order valence-electron chi connectivity index (χ0n) is 14.8. The van der Waals surface area contributed by atoms with E-state index < -0.39 is 34.3 Å². The molecule has 28 heavy (non-hydrogen) atoms. The van der Waals surface area contributed by atoms with Gasteiger partial charge >= 0.3 is 24.2 Å². The van der Waals surface area contributed by atoms with Gasteiger partial charge in [-0.2, -0.15) is 34.8 Å². The lowest BCUT2D eigenvalue weighted by Gasteiger charge is -2.07. The minimum absolute atomic E-state index is 0.0566. The van der Waals surface area contributed by atoms with Gasteiger partial charge in [-0.05, 0) is 25.7 Å². The summed E-state index contributed by atoms with van der Waals surface area (Å²) in [4.78, 5) is 20.4. The fraction of sp³-hybridized carbons (Fsp3) is 0.846. The summed E-state index contributed by atoms with van der Waals surface area (Å²) in [6.07, 6.45) is -7.64. The average molecular weight is 448 g/mol. The number of carbonyl (C=O) groups excluding carboxylic acids is 2. The van der Waals surface area contributed by atoms with Crippen LogP contribution in [0.5, 0.6) is 0 Å². The summed E-state index contributed by atoms with van der Waals surface area (Å²) in [5.74, 6) is -3.93. The highest BCUT2D eigenvalue weighted by atomic mass is 32.2. The molecule has 8 nitrogen and oxygen atoms in total. The normalized spacial score (nSPS) is 12.0. The summed E-state index contributed by atoms with van der Waals surface area (Å²) >= 11 is 0. The minimum Gasteiger partial charge on any atom is -0.396 e. The van der Waals surface area contributed by atoms with E-state index in [-0.39, 0.29) is 39.1 Å². The van der Waals surface area contributed by atoms with Crippen LogP contribution < -0.4 is 10.6 Å². The van der Waals surface area contributed by atoms with Crippen LogP contribution in [0.2, 0.25) is 0 Å². The SMILES string of the molecule is CS(=O)(=O)OCCCCNC(=O)C(F)(F)F.O=C(NCCCCO)C(F)(F)F. The summed E-state index contributed by atoms with van der Waals surface area (Å²) in [6, 6.07) is 0. The van der Waals surface area contributed by atoms with Crippen LogP contribution in [0.15, 0.2) is 0 Å². The van der Waals surface area contributed by atoms with Crippen molar-refractivity contribution < 1.29 is 53.6 Å². The third-order valence-electron chi connectivity index (χ3n) is 2.54. The molecule has 0 aliphatic heterocycles. The molecule has 0 aromatic rings. The average Bonchev–Trinajstić information content (AvgIpc) is 2.52. The second kappa shape index (κ2) is 13.5. The molecule has 168 valence electrons. The van der Waals surface area contributed by atoms with Crippen molar-refractivity contribution in [1.29, 1.82) is 0 Å². The van der Waals surface area contributed by atoms with E-state index in [1.54, 1.807) is 10.6 Å². The van der Waals surface area contributed by atoms with Gasteiger partial charge in [-0.25, -0.2) is 0 Å². The van der Waals surface area contributed by atoms with E-state index in [1.165, 1.54) is 0 Å². The van der Waals surface area contributed by atoms with E-state index in [4.69, 9.17) is 5.11 Å². The number of hydrogen-bond acceptors (Lipinski definition) is 6. The lowest BCUT2D eigenvalue weighted by molar-refractivity contribution is -0.173. The number of halogens is 6. The molecule has 0 unspecified atom stereocenters. The number of aliphatic hydroxyl groups is 1. The lowest BCUT2D eigenvalue weighted by atomic mass is 10.3. The van der Waals surface area contributed by atoms with Crippen LogP contribution in [-0.4, -0.2) is 70.3 Å². The lowest BCUT2D eigenvalue weighted by Crippen LogP contribution is -2.37. The number of unbranched alkanes of at least 4 members (excludes halogenated alkanes) is 2. The van der Waals surface area contributed by atoms with Gasteiger partial charge in [0, 0.05) is 19.7 Å². The van der Waals surface area contributed by atoms with Crippen molar-refractivity contribution in [2.45, 2.75) is 38.0 Å². The number of nitrogens with one attached hydrogen (secondary N) is 2. The van der Waals surface area contributed by atoms with Gasteiger partial charge in [0.15, 0.2) is 0 Å². The third kappa shape index (κ3) is 19.2. The Morgan fingerprint density at radius 2 is 1.25 bits per heavy atom. The molecule has 0 spiro atoms. The Morgan fingerprint density at radius 3 is 1.57 bits per heavy atom. The van der Waals surface area contributed by atoms with Gasteiger partial charge in [-0.3, -0.25) is 13.8 Å². The fourth-order valence-electron chi connectivity index (χ4n) is 1.28. The maximum atomic E-state index is 11.7. The van der Waals surface area contributed by atoms with Crippen LogP contribution in [0.4, 0.5) is 26.3 Å². The highest BCUT2D eigenvalue weighted by Crippen LogP contribution is 2.14. The third-order valence-corrected chi connectivity index (χ3v) is 3.13. The Bertz CT molecular complexity index is 565. The molecular formula is C13H22F6N2O6S. The number of hydrogen-bond donors (Lipinski definition) is 3. The molecule has 0 aromatic heterocycles. The monoisotopic (exact) mass is 448 g/mol. The van der Waals surface area contributed by atoms with E-state index in [0.717, 1.165) is 6.26 Å². The second-order valence-electron chi connectivity index (χ2n) is 5.17. The topological polar surface area (TPSA) is 122 Å². The van der Waals surface area contributed by atoms with E-state index in [0.29, 0.717) is 12.8 Å². The highest BCUT2D eigenvalue weighted by molar-refractivity contribution is 7.85.